The molecule has 2 aromatic carbocycles. The number of rotatable bonds is 6. The lowest BCUT2D eigenvalue weighted by Gasteiger charge is -2.13. The molecule has 0 radical (unpaired) electrons. The van der Waals surface area contributed by atoms with Crippen molar-refractivity contribution in [1.82, 2.24) is 24.8 Å². The SMILES string of the molecule is Cc1cc(C)c(C)c(OCC(=O)Nc2cccc(-c3ccc4nnc(-c5ccncc5)n4n3)c2)c1. The molecule has 0 aliphatic carbocycles. The zero-order chi connectivity index (χ0) is 24.4. The second-order valence-corrected chi connectivity index (χ2v) is 8.37. The number of fused-ring (bicyclic) bond motifs is 1. The average Bonchev–Trinajstić information content (AvgIpc) is 3.29. The van der Waals surface area contributed by atoms with E-state index in [4.69, 9.17) is 9.84 Å². The number of ether oxygens (including phenoxy) is 1. The molecule has 5 rings (SSSR count). The third kappa shape index (κ3) is 4.72. The molecule has 0 aliphatic heterocycles. The van der Waals surface area contributed by atoms with Gasteiger partial charge >= 0.3 is 0 Å². The van der Waals surface area contributed by atoms with Crippen molar-refractivity contribution in [3.8, 4) is 28.4 Å². The Morgan fingerprint density at radius 3 is 2.60 bits per heavy atom. The van der Waals surface area contributed by atoms with Crippen molar-refractivity contribution in [2.45, 2.75) is 20.8 Å². The maximum absolute atomic E-state index is 12.6. The Bertz CT molecular complexity index is 1530. The van der Waals surface area contributed by atoms with Crippen molar-refractivity contribution < 1.29 is 9.53 Å². The number of aryl methyl sites for hydroxylation is 2. The van der Waals surface area contributed by atoms with Crippen LogP contribution in [0.2, 0.25) is 0 Å². The Labute approximate surface area is 202 Å². The lowest BCUT2D eigenvalue weighted by molar-refractivity contribution is -0.118. The lowest BCUT2D eigenvalue weighted by atomic mass is 10.1. The van der Waals surface area contributed by atoms with Gasteiger partial charge < -0.3 is 10.1 Å². The summed E-state index contributed by atoms with van der Waals surface area (Å²) in [7, 11) is 0. The summed E-state index contributed by atoms with van der Waals surface area (Å²) in [4.78, 5) is 16.6. The summed E-state index contributed by atoms with van der Waals surface area (Å²) in [5, 5.41) is 16.1. The summed E-state index contributed by atoms with van der Waals surface area (Å²) < 4.78 is 7.50. The second kappa shape index (κ2) is 9.34. The topological polar surface area (TPSA) is 94.3 Å². The van der Waals surface area contributed by atoms with E-state index in [9.17, 15) is 4.79 Å². The lowest BCUT2D eigenvalue weighted by Crippen LogP contribution is -2.20. The molecule has 0 spiro atoms. The number of hydrogen-bond donors (Lipinski definition) is 1. The van der Waals surface area contributed by atoms with Crippen LogP contribution in [0.25, 0.3) is 28.3 Å². The van der Waals surface area contributed by atoms with Gasteiger partial charge in [-0.05, 0) is 79.9 Å². The summed E-state index contributed by atoms with van der Waals surface area (Å²) in [5.41, 5.74) is 7.02. The van der Waals surface area contributed by atoms with E-state index in [0.29, 0.717) is 17.2 Å². The van der Waals surface area contributed by atoms with Crippen molar-refractivity contribution in [3.05, 3.63) is 89.7 Å². The molecule has 8 heteroatoms. The number of nitrogens with zero attached hydrogens (tertiary/aromatic N) is 5. The van der Waals surface area contributed by atoms with Gasteiger partial charge in [0.1, 0.15) is 5.75 Å². The first-order valence-corrected chi connectivity index (χ1v) is 11.2. The number of nitrogens with one attached hydrogen (secondary N) is 1. The van der Waals surface area contributed by atoms with Gasteiger partial charge in [-0.3, -0.25) is 9.78 Å². The number of carbonyl (C=O) groups is 1. The second-order valence-electron chi connectivity index (χ2n) is 8.37. The third-order valence-electron chi connectivity index (χ3n) is 5.77. The predicted molar refractivity (Wildman–Crippen MR) is 134 cm³/mol. The minimum absolute atomic E-state index is 0.0752. The molecule has 1 N–H and O–H groups in total. The molecule has 5 aromatic rings. The normalized spacial score (nSPS) is 10.9. The van der Waals surface area contributed by atoms with E-state index in [1.54, 1.807) is 16.9 Å². The molecule has 0 saturated heterocycles. The fourth-order valence-electron chi connectivity index (χ4n) is 3.87. The highest BCUT2D eigenvalue weighted by Crippen LogP contribution is 2.25. The van der Waals surface area contributed by atoms with Crippen molar-refractivity contribution in [2.75, 3.05) is 11.9 Å². The number of benzene rings is 2. The molecule has 8 nitrogen and oxygen atoms in total. The van der Waals surface area contributed by atoms with Crippen LogP contribution in [-0.4, -0.2) is 37.3 Å². The summed E-state index contributed by atoms with van der Waals surface area (Å²) in [6.07, 6.45) is 3.41. The summed E-state index contributed by atoms with van der Waals surface area (Å²) in [6.45, 7) is 5.96. The molecule has 1 amide bonds. The molecule has 3 heterocycles. The molecule has 0 aliphatic rings. The number of amides is 1. The van der Waals surface area contributed by atoms with Crippen molar-refractivity contribution in [2.24, 2.45) is 0 Å². The molecule has 35 heavy (non-hydrogen) atoms. The van der Waals surface area contributed by atoms with Crippen LogP contribution in [0.4, 0.5) is 5.69 Å². The Kier molecular flexibility index (Phi) is 5.93. The Morgan fingerprint density at radius 1 is 0.943 bits per heavy atom. The minimum atomic E-state index is -0.233. The van der Waals surface area contributed by atoms with Gasteiger partial charge in [0.25, 0.3) is 5.91 Å². The van der Waals surface area contributed by atoms with Gasteiger partial charge in [-0.2, -0.15) is 9.61 Å². The van der Waals surface area contributed by atoms with E-state index in [1.165, 1.54) is 0 Å². The van der Waals surface area contributed by atoms with Gasteiger partial charge in [-0.15, -0.1) is 10.2 Å². The number of pyridine rings is 1. The van der Waals surface area contributed by atoms with Crippen LogP contribution in [0.3, 0.4) is 0 Å². The van der Waals surface area contributed by atoms with E-state index in [-0.39, 0.29) is 12.5 Å². The smallest absolute Gasteiger partial charge is 0.262 e. The number of hydrogen-bond acceptors (Lipinski definition) is 6. The van der Waals surface area contributed by atoms with E-state index in [2.05, 4.69) is 26.6 Å². The van der Waals surface area contributed by atoms with Crippen LogP contribution in [0, 0.1) is 20.8 Å². The standard InChI is InChI=1S/C27H24N6O2/c1-17-13-18(2)19(3)24(14-17)35-16-26(34)29-22-6-4-5-21(15-22)23-7-8-25-30-31-27(33(25)32-23)20-9-11-28-12-10-20/h4-15H,16H2,1-3H3,(H,29,34). The summed E-state index contributed by atoms with van der Waals surface area (Å²) >= 11 is 0. The Hall–Kier alpha value is -4.59. The zero-order valence-electron chi connectivity index (χ0n) is 19.7. The van der Waals surface area contributed by atoms with Gasteiger partial charge in [-0.1, -0.05) is 18.2 Å². The first-order chi connectivity index (χ1) is 17.0. The van der Waals surface area contributed by atoms with E-state index < -0.39 is 0 Å². The van der Waals surface area contributed by atoms with E-state index >= 15 is 0 Å². The highest BCUT2D eigenvalue weighted by atomic mass is 16.5. The van der Waals surface area contributed by atoms with Crippen molar-refractivity contribution >= 4 is 17.2 Å². The molecule has 174 valence electrons. The summed E-state index contributed by atoms with van der Waals surface area (Å²) in [5.74, 6) is 1.12. The first kappa shape index (κ1) is 22.2. The fourth-order valence-corrected chi connectivity index (χ4v) is 3.87. The fraction of sp³-hybridized carbons (Fsp3) is 0.148. The van der Waals surface area contributed by atoms with Gasteiger partial charge in [0.05, 0.1) is 5.69 Å². The van der Waals surface area contributed by atoms with Gasteiger partial charge in [-0.25, -0.2) is 0 Å². The number of anilines is 1. The van der Waals surface area contributed by atoms with Crippen LogP contribution in [-0.2, 0) is 4.79 Å². The van der Waals surface area contributed by atoms with Crippen LogP contribution in [0.15, 0.2) is 73.1 Å². The van der Waals surface area contributed by atoms with Crippen molar-refractivity contribution in [3.63, 3.8) is 0 Å². The molecule has 3 aromatic heterocycles. The monoisotopic (exact) mass is 464 g/mol. The van der Waals surface area contributed by atoms with E-state index in [0.717, 1.165) is 39.3 Å². The maximum Gasteiger partial charge on any atom is 0.262 e. The molecule has 0 bridgehead atoms. The molecule has 0 unspecified atom stereocenters. The zero-order valence-corrected chi connectivity index (χ0v) is 19.7. The van der Waals surface area contributed by atoms with Crippen molar-refractivity contribution in [1.29, 1.82) is 0 Å². The van der Waals surface area contributed by atoms with Crippen LogP contribution in [0.5, 0.6) is 5.75 Å². The van der Waals surface area contributed by atoms with Crippen LogP contribution in [0.1, 0.15) is 16.7 Å². The highest BCUT2D eigenvalue weighted by molar-refractivity contribution is 5.92. The molecular formula is C27H24N6O2. The predicted octanol–water partition coefficient (Wildman–Crippen LogP) is 4.80. The molecule has 0 atom stereocenters. The first-order valence-electron chi connectivity index (χ1n) is 11.2. The number of aromatic nitrogens is 5. The Morgan fingerprint density at radius 2 is 1.77 bits per heavy atom. The minimum Gasteiger partial charge on any atom is -0.483 e. The Balaban J connectivity index is 1.34. The van der Waals surface area contributed by atoms with Gasteiger partial charge in [0.15, 0.2) is 18.1 Å². The third-order valence-corrected chi connectivity index (χ3v) is 5.77. The molecular weight excluding hydrogens is 440 g/mol. The quantitative estimate of drug-likeness (QED) is 0.388. The van der Waals surface area contributed by atoms with Gasteiger partial charge in [0, 0.05) is 29.2 Å². The van der Waals surface area contributed by atoms with Gasteiger partial charge in [0.2, 0.25) is 0 Å². The summed E-state index contributed by atoms with van der Waals surface area (Å²) in [6, 6.07) is 19.1. The molecule has 0 saturated carbocycles. The average molecular weight is 465 g/mol. The highest BCUT2D eigenvalue weighted by Gasteiger charge is 2.12. The van der Waals surface area contributed by atoms with Crippen LogP contribution < -0.4 is 10.1 Å². The maximum atomic E-state index is 12.6. The largest absolute Gasteiger partial charge is 0.483 e. The number of carbonyl (C=O) groups excluding carboxylic acids is 1. The van der Waals surface area contributed by atoms with Crippen LogP contribution >= 0.6 is 0 Å². The van der Waals surface area contributed by atoms with E-state index in [1.807, 2.05) is 75.4 Å². The molecule has 0 fully saturated rings.